The van der Waals surface area contributed by atoms with E-state index in [0.29, 0.717) is 29.7 Å². The van der Waals surface area contributed by atoms with Gasteiger partial charge in [-0.2, -0.15) is 0 Å². The van der Waals surface area contributed by atoms with Crippen LogP contribution in [0.5, 0.6) is 0 Å². The summed E-state index contributed by atoms with van der Waals surface area (Å²) in [4.78, 5) is 18.1. The average molecular weight is 309 g/mol. The maximum absolute atomic E-state index is 14.0. The van der Waals surface area contributed by atoms with Crippen LogP contribution in [-0.4, -0.2) is 30.2 Å². The Bertz CT molecular complexity index is 648. The zero-order chi connectivity index (χ0) is 15.1. The first-order valence-corrected chi connectivity index (χ1v) is 7.22. The van der Waals surface area contributed by atoms with Crippen molar-refractivity contribution >= 4 is 11.8 Å². The molecule has 0 fully saturated rings. The molecule has 0 aliphatic rings. The van der Waals surface area contributed by atoms with E-state index in [2.05, 4.69) is 15.3 Å². The van der Waals surface area contributed by atoms with Crippen molar-refractivity contribution in [2.75, 3.05) is 20.3 Å². The van der Waals surface area contributed by atoms with Gasteiger partial charge in [-0.3, -0.25) is 4.79 Å². The summed E-state index contributed by atoms with van der Waals surface area (Å²) in [6.07, 6.45) is 1.40. The number of hydrogen-bond donors (Lipinski definition) is 2. The Morgan fingerprint density at radius 3 is 3.00 bits per heavy atom. The van der Waals surface area contributed by atoms with E-state index in [1.165, 1.54) is 18.3 Å². The molecular formula is C14H16FN3O2S. The molecule has 0 amide bonds. The van der Waals surface area contributed by atoms with Crippen LogP contribution < -0.4 is 10.9 Å². The van der Waals surface area contributed by atoms with Crippen molar-refractivity contribution in [2.24, 2.45) is 0 Å². The minimum atomic E-state index is -0.336. The number of nitrogens with zero attached hydrogens (tertiary/aromatic N) is 1. The van der Waals surface area contributed by atoms with Crippen molar-refractivity contribution in [3.63, 3.8) is 0 Å². The molecule has 0 saturated heterocycles. The highest BCUT2D eigenvalue weighted by Crippen LogP contribution is 2.26. The number of hydrogen-bond acceptors (Lipinski definition) is 5. The topological polar surface area (TPSA) is 67.0 Å². The second kappa shape index (κ2) is 7.92. The highest BCUT2D eigenvalue weighted by atomic mass is 32.2. The van der Waals surface area contributed by atoms with Gasteiger partial charge in [0, 0.05) is 32.5 Å². The first-order valence-electron chi connectivity index (χ1n) is 6.40. The summed E-state index contributed by atoms with van der Waals surface area (Å²) in [5.74, 6) is -0.336. The molecule has 5 nitrogen and oxygen atoms in total. The summed E-state index contributed by atoms with van der Waals surface area (Å²) in [7, 11) is 1.63. The minimum Gasteiger partial charge on any atom is -0.383 e. The summed E-state index contributed by atoms with van der Waals surface area (Å²) < 4.78 is 18.9. The molecule has 0 aliphatic carbocycles. The van der Waals surface area contributed by atoms with E-state index in [-0.39, 0.29) is 11.4 Å². The molecule has 0 atom stereocenters. The maximum Gasteiger partial charge on any atom is 0.251 e. The molecule has 112 valence electrons. The van der Waals surface area contributed by atoms with Crippen LogP contribution in [0, 0.1) is 5.82 Å². The molecule has 1 aromatic carbocycles. The Morgan fingerprint density at radius 1 is 1.43 bits per heavy atom. The molecule has 1 aromatic heterocycles. The lowest BCUT2D eigenvalue weighted by atomic mass is 10.2. The fourth-order valence-electron chi connectivity index (χ4n) is 1.65. The van der Waals surface area contributed by atoms with Gasteiger partial charge in [0.2, 0.25) is 0 Å². The second-order valence-electron chi connectivity index (χ2n) is 4.28. The number of rotatable bonds is 7. The monoisotopic (exact) mass is 309 g/mol. The van der Waals surface area contributed by atoms with E-state index in [1.54, 1.807) is 13.2 Å². The molecule has 2 N–H and O–H groups in total. The van der Waals surface area contributed by atoms with Crippen molar-refractivity contribution < 1.29 is 9.13 Å². The number of aromatic amines is 1. The molecule has 0 radical (unpaired) electrons. The van der Waals surface area contributed by atoms with E-state index >= 15 is 0 Å². The quantitative estimate of drug-likeness (QED) is 0.603. The zero-order valence-electron chi connectivity index (χ0n) is 11.6. The molecule has 0 unspecified atom stereocenters. The Labute approximate surface area is 126 Å². The first kappa shape index (κ1) is 15.7. The number of H-pyrrole nitrogens is 1. The minimum absolute atomic E-state index is 0.258. The van der Waals surface area contributed by atoms with E-state index in [9.17, 15) is 9.18 Å². The van der Waals surface area contributed by atoms with Gasteiger partial charge in [0.05, 0.1) is 11.5 Å². The van der Waals surface area contributed by atoms with Crippen LogP contribution >= 0.6 is 11.8 Å². The predicted octanol–water partition coefficient (Wildman–Crippen LogP) is 1.80. The van der Waals surface area contributed by atoms with Gasteiger partial charge in [0.25, 0.3) is 5.56 Å². The maximum atomic E-state index is 14.0. The predicted molar refractivity (Wildman–Crippen MR) is 79.0 cm³/mol. The number of nitrogens with one attached hydrogen (secondary N) is 2. The van der Waals surface area contributed by atoms with E-state index in [0.717, 1.165) is 17.3 Å². The van der Waals surface area contributed by atoms with Gasteiger partial charge >= 0.3 is 0 Å². The highest BCUT2D eigenvalue weighted by molar-refractivity contribution is 7.99. The molecule has 2 aromatic rings. The Morgan fingerprint density at radius 2 is 2.29 bits per heavy atom. The molecular weight excluding hydrogens is 293 g/mol. The standard InChI is InChI=1S/C14H16FN3O2S/c1-20-7-6-16-9-10-2-3-12(11(15)8-10)21-14-17-5-4-13(19)18-14/h2-5,8,16H,6-7,9H2,1H3,(H,17,18,19). The van der Waals surface area contributed by atoms with Crippen LogP contribution in [0.3, 0.4) is 0 Å². The van der Waals surface area contributed by atoms with Crippen LogP contribution in [-0.2, 0) is 11.3 Å². The normalized spacial score (nSPS) is 10.8. The molecule has 0 saturated carbocycles. The molecule has 0 aliphatic heterocycles. The molecule has 2 rings (SSSR count). The van der Waals surface area contributed by atoms with Gasteiger partial charge in [0.15, 0.2) is 5.16 Å². The third-order valence-corrected chi connectivity index (χ3v) is 3.61. The van der Waals surface area contributed by atoms with Crippen molar-refractivity contribution in [2.45, 2.75) is 16.6 Å². The number of aromatic nitrogens is 2. The van der Waals surface area contributed by atoms with Gasteiger partial charge in [-0.1, -0.05) is 6.07 Å². The Hall–Kier alpha value is -1.70. The summed E-state index contributed by atoms with van der Waals surface area (Å²) in [5.41, 5.74) is 0.592. The lowest BCUT2D eigenvalue weighted by Gasteiger charge is -2.07. The Kier molecular flexibility index (Phi) is 5.91. The lowest BCUT2D eigenvalue weighted by molar-refractivity contribution is 0.199. The van der Waals surface area contributed by atoms with Crippen molar-refractivity contribution in [3.05, 3.63) is 52.2 Å². The van der Waals surface area contributed by atoms with Crippen LogP contribution in [0.2, 0.25) is 0 Å². The van der Waals surface area contributed by atoms with Gasteiger partial charge in [-0.15, -0.1) is 0 Å². The smallest absolute Gasteiger partial charge is 0.251 e. The molecule has 0 bridgehead atoms. The molecule has 21 heavy (non-hydrogen) atoms. The third kappa shape index (κ3) is 4.96. The fourth-order valence-corrected chi connectivity index (χ4v) is 2.42. The third-order valence-electron chi connectivity index (χ3n) is 2.66. The van der Waals surface area contributed by atoms with E-state index in [4.69, 9.17) is 4.74 Å². The molecule has 1 heterocycles. The van der Waals surface area contributed by atoms with Crippen LogP contribution in [0.15, 0.2) is 45.3 Å². The second-order valence-corrected chi connectivity index (χ2v) is 5.31. The average Bonchev–Trinajstić information content (AvgIpc) is 2.46. The van der Waals surface area contributed by atoms with Gasteiger partial charge in [-0.05, 0) is 29.5 Å². The van der Waals surface area contributed by atoms with Gasteiger partial charge in [0.1, 0.15) is 5.82 Å². The number of ether oxygens (including phenoxy) is 1. The number of methoxy groups -OCH3 is 1. The zero-order valence-corrected chi connectivity index (χ0v) is 12.4. The van der Waals surface area contributed by atoms with E-state index < -0.39 is 0 Å². The van der Waals surface area contributed by atoms with Gasteiger partial charge in [-0.25, -0.2) is 9.37 Å². The van der Waals surface area contributed by atoms with Crippen molar-refractivity contribution in [1.29, 1.82) is 0 Å². The largest absolute Gasteiger partial charge is 0.383 e. The first-order chi connectivity index (χ1) is 10.2. The Balaban J connectivity index is 2.00. The lowest BCUT2D eigenvalue weighted by Crippen LogP contribution is -2.18. The van der Waals surface area contributed by atoms with Crippen molar-refractivity contribution in [1.82, 2.24) is 15.3 Å². The number of benzene rings is 1. The fraction of sp³-hybridized carbons (Fsp3) is 0.286. The number of halogens is 1. The van der Waals surface area contributed by atoms with Crippen LogP contribution in [0.25, 0.3) is 0 Å². The summed E-state index contributed by atoms with van der Waals surface area (Å²) in [6.45, 7) is 1.90. The van der Waals surface area contributed by atoms with Crippen LogP contribution in [0.1, 0.15) is 5.56 Å². The molecule has 7 heteroatoms. The summed E-state index contributed by atoms with van der Waals surface area (Å²) in [6, 6.07) is 6.31. The van der Waals surface area contributed by atoms with Crippen LogP contribution in [0.4, 0.5) is 4.39 Å². The summed E-state index contributed by atoms with van der Waals surface area (Å²) >= 11 is 1.09. The summed E-state index contributed by atoms with van der Waals surface area (Å²) in [5, 5.41) is 3.52. The van der Waals surface area contributed by atoms with Crippen molar-refractivity contribution in [3.8, 4) is 0 Å². The van der Waals surface area contributed by atoms with E-state index in [1.807, 2.05) is 6.07 Å². The van der Waals surface area contributed by atoms with Gasteiger partial charge < -0.3 is 15.0 Å². The molecule has 0 spiro atoms. The highest BCUT2D eigenvalue weighted by Gasteiger charge is 2.07. The SMILES string of the molecule is COCCNCc1ccc(Sc2nccc(=O)[nH]2)c(F)c1.